The Morgan fingerprint density at radius 2 is 1.71 bits per heavy atom. The van der Waals surface area contributed by atoms with E-state index in [9.17, 15) is 0 Å². The summed E-state index contributed by atoms with van der Waals surface area (Å²) in [6.07, 6.45) is 3.73. The van der Waals surface area contributed by atoms with Gasteiger partial charge in [0.2, 0.25) is 0 Å². The van der Waals surface area contributed by atoms with E-state index < -0.39 is 0 Å². The fourth-order valence-corrected chi connectivity index (χ4v) is 1.48. The molecule has 3 heteroatoms. The lowest BCUT2D eigenvalue weighted by Crippen LogP contribution is -1.90. The van der Waals surface area contributed by atoms with Gasteiger partial charge in [-0.15, -0.1) is 11.6 Å². The van der Waals surface area contributed by atoms with Crippen LogP contribution in [0, 0.1) is 6.92 Å². The minimum absolute atomic E-state index is 0.776. The maximum absolute atomic E-state index is 5.38. The van der Waals surface area contributed by atoms with E-state index in [1.54, 1.807) is 14.2 Å². The largest absolute Gasteiger partial charge is 0.493 e. The Bertz CT molecular complexity index is 296. The lowest BCUT2D eigenvalue weighted by atomic mass is 10.2. The average molecular weight is 259 g/mol. The number of hydrogen-bond acceptors (Lipinski definition) is 2. The van der Waals surface area contributed by atoms with Crippen LogP contribution in [0.15, 0.2) is 18.2 Å². The highest BCUT2D eigenvalue weighted by Gasteiger charge is 2.00. The second kappa shape index (κ2) is 10.3. The predicted octanol–water partition coefficient (Wildman–Crippen LogP) is 4.43. The van der Waals surface area contributed by atoms with Gasteiger partial charge in [-0.05, 0) is 31.0 Å². The first-order chi connectivity index (χ1) is 8.19. The molecule has 0 saturated heterocycles. The van der Waals surface area contributed by atoms with Crippen LogP contribution in [0.25, 0.3) is 0 Å². The summed E-state index contributed by atoms with van der Waals surface area (Å²) in [5.41, 5.74) is 1.17. The first-order valence-electron chi connectivity index (χ1n) is 5.94. The Morgan fingerprint density at radius 1 is 1.06 bits per heavy atom. The van der Waals surface area contributed by atoms with Crippen LogP contribution in [0.3, 0.4) is 0 Å². The summed E-state index contributed by atoms with van der Waals surface area (Å²) < 4.78 is 10.2. The van der Waals surface area contributed by atoms with Gasteiger partial charge in [0.05, 0.1) is 14.2 Å². The van der Waals surface area contributed by atoms with Crippen molar-refractivity contribution in [1.82, 2.24) is 0 Å². The normalized spacial score (nSPS) is 9.24. The van der Waals surface area contributed by atoms with Crippen molar-refractivity contribution in [1.29, 1.82) is 0 Å². The number of alkyl halides is 1. The number of benzene rings is 1. The molecule has 0 unspecified atom stereocenters. The highest BCUT2D eigenvalue weighted by atomic mass is 35.5. The Hall–Kier alpha value is -0.890. The molecule has 0 radical (unpaired) electrons. The van der Waals surface area contributed by atoms with Gasteiger partial charge in [0.25, 0.3) is 0 Å². The van der Waals surface area contributed by atoms with E-state index in [1.165, 1.54) is 24.8 Å². The molecule has 1 rings (SSSR count). The quantitative estimate of drug-likeness (QED) is 0.575. The Morgan fingerprint density at radius 3 is 2.12 bits per heavy atom. The van der Waals surface area contributed by atoms with Crippen LogP contribution in [-0.2, 0) is 0 Å². The third-order valence-corrected chi connectivity index (χ3v) is 2.54. The SMILES string of the molecule is CCCCCCl.COc1ccc(C)cc1OC. The van der Waals surface area contributed by atoms with Crippen LogP contribution < -0.4 is 9.47 Å². The van der Waals surface area contributed by atoms with E-state index >= 15 is 0 Å². The fourth-order valence-electron chi connectivity index (χ4n) is 1.29. The monoisotopic (exact) mass is 258 g/mol. The first-order valence-corrected chi connectivity index (χ1v) is 6.47. The molecule has 0 saturated carbocycles. The molecule has 0 heterocycles. The number of aryl methyl sites for hydroxylation is 1. The molecule has 17 heavy (non-hydrogen) atoms. The van der Waals surface area contributed by atoms with Crippen molar-refractivity contribution in [2.45, 2.75) is 33.1 Å². The van der Waals surface area contributed by atoms with Crippen LogP contribution in [0.5, 0.6) is 11.5 Å². The highest BCUT2D eigenvalue weighted by molar-refractivity contribution is 6.17. The van der Waals surface area contributed by atoms with Crippen LogP contribution in [0.1, 0.15) is 31.7 Å². The zero-order valence-electron chi connectivity index (χ0n) is 11.3. The lowest BCUT2D eigenvalue weighted by Gasteiger charge is -2.06. The number of halogens is 1. The molecule has 0 spiro atoms. The molecule has 1 aromatic rings. The smallest absolute Gasteiger partial charge is 0.160 e. The van der Waals surface area contributed by atoms with Crippen LogP contribution >= 0.6 is 11.6 Å². The van der Waals surface area contributed by atoms with Gasteiger partial charge >= 0.3 is 0 Å². The standard InChI is InChI=1S/C9H12O2.C5H11Cl/c1-7-4-5-8(10-2)9(6-7)11-3;1-2-3-4-5-6/h4-6H,1-3H3;2-5H2,1H3. The molecular formula is C14H23ClO2. The third-order valence-electron chi connectivity index (χ3n) is 2.28. The highest BCUT2D eigenvalue weighted by Crippen LogP contribution is 2.26. The van der Waals surface area contributed by atoms with Gasteiger partial charge in [0.15, 0.2) is 11.5 Å². The van der Waals surface area contributed by atoms with Crippen molar-refractivity contribution in [3.05, 3.63) is 23.8 Å². The van der Waals surface area contributed by atoms with Gasteiger partial charge in [-0.3, -0.25) is 0 Å². The van der Waals surface area contributed by atoms with Gasteiger partial charge in [-0.1, -0.05) is 25.8 Å². The fraction of sp³-hybridized carbons (Fsp3) is 0.571. The number of hydrogen-bond donors (Lipinski definition) is 0. The van der Waals surface area contributed by atoms with Crippen molar-refractivity contribution in [2.75, 3.05) is 20.1 Å². The summed E-state index contributed by atoms with van der Waals surface area (Å²) in [5, 5.41) is 0. The minimum Gasteiger partial charge on any atom is -0.493 e. The average Bonchev–Trinajstić information content (AvgIpc) is 2.37. The molecular weight excluding hydrogens is 236 g/mol. The molecule has 0 N–H and O–H groups in total. The maximum atomic E-state index is 5.38. The molecule has 98 valence electrons. The first kappa shape index (κ1) is 16.1. The lowest BCUT2D eigenvalue weighted by molar-refractivity contribution is 0.354. The van der Waals surface area contributed by atoms with Crippen molar-refractivity contribution < 1.29 is 9.47 Å². The van der Waals surface area contributed by atoms with E-state index in [2.05, 4.69) is 6.92 Å². The summed E-state index contributed by atoms with van der Waals surface area (Å²) in [5.74, 6) is 2.39. The summed E-state index contributed by atoms with van der Waals surface area (Å²) >= 11 is 5.38. The van der Waals surface area contributed by atoms with Crippen LogP contribution in [0.4, 0.5) is 0 Å². The third kappa shape index (κ3) is 7.11. The summed E-state index contributed by atoms with van der Waals surface area (Å²) in [4.78, 5) is 0. The molecule has 0 aliphatic heterocycles. The number of unbranched alkanes of at least 4 members (excludes halogenated alkanes) is 2. The summed E-state index contributed by atoms with van der Waals surface area (Å²) in [6.45, 7) is 4.19. The Balaban J connectivity index is 0.000000366. The zero-order chi connectivity index (χ0) is 13.1. The second-order valence-electron chi connectivity index (χ2n) is 3.75. The Kier molecular flexibility index (Phi) is 9.74. The van der Waals surface area contributed by atoms with Gasteiger partial charge < -0.3 is 9.47 Å². The maximum Gasteiger partial charge on any atom is 0.160 e. The molecule has 2 nitrogen and oxygen atoms in total. The topological polar surface area (TPSA) is 18.5 Å². The number of methoxy groups -OCH3 is 2. The van der Waals surface area contributed by atoms with Crippen molar-refractivity contribution in [3.8, 4) is 11.5 Å². The van der Waals surface area contributed by atoms with Gasteiger partial charge in [-0.25, -0.2) is 0 Å². The molecule has 0 atom stereocenters. The number of rotatable bonds is 5. The molecule has 1 aromatic carbocycles. The molecule has 0 bridgehead atoms. The van der Waals surface area contributed by atoms with E-state index in [-0.39, 0.29) is 0 Å². The summed E-state index contributed by atoms with van der Waals surface area (Å²) in [7, 11) is 3.27. The van der Waals surface area contributed by atoms with Crippen molar-refractivity contribution >= 4 is 11.6 Å². The molecule has 0 aliphatic rings. The van der Waals surface area contributed by atoms with E-state index in [0.29, 0.717) is 0 Å². The van der Waals surface area contributed by atoms with E-state index in [4.69, 9.17) is 21.1 Å². The second-order valence-corrected chi connectivity index (χ2v) is 4.13. The van der Waals surface area contributed by atoms with Gasteiger partial charge in [0, 0.05) is 5.88 Å². The minimum atomic E-state index is 0.776. The molecule has 0 amide bonds. The van der Waals surface area contributed by atoms with Crippen molar-refractivity contribution in [2.24, 2.45) is 0 Å². The van der Waals surface area contributed by atoms with Crippen LogP contribution in [0.2, 0.25) is 0 Å². The molecule has 0 aliphatic carbocycles. The van der Waals surface area contributed by atoms with Crippen molar-refractivity contribution in [3.63, 3.8) is 0 Å². The Labute approximate surface area is 110 Å². The number of ether oxygens (including phenoxy) is 2. The molecule has 0 aromatic heterocycles. The van der Waals surface area contributed by atoms with E-state index in [0.717, 1.165) is 17.4 Å². The molecule has 0 fully saturated rings. The predicted molar refractivity (Wildman–Crippen MR) is 74.5 cm³/mol. The van der Waals surface area contributed by atoms with Gasteiger partial charge in [-0.2, -0.15) is 0 Å². The summed E-state index contributed by atoms with van der Waals surface area (Å²) in [6, 6.07) is 5.83. The van der Waals surface area contributed by atoms with Gasteiger partial charge in [0.1, 0.15) is 0 Å². The van der Waals surface area contributed by atoms with E-state index in [1.807, 2.05) is 25.1 Å². The zero-order valence-corrected chi connectivity index (χ0v) is 12.0. The van der Waals surface area contributed by atoms with Crippen LogP contribution in [-0.4, -0.2) is 20.1 Å².